The van der Waals surface area contributed by atoms with Gasteiger partial charge in [-0.25, -0.2) is 17.9 Å². The van der Waals surface area contributed by atoms with E-state index in [0.29, 0.717) is 25.4 Å². The van der Waals surface area contributed by atoms with E-state index >= 15 is 0 Å². The summed E-state index contributed by atoms with van der Waals surface area (Å²) in [7, 11) is -3.75. The molecule has 0 aliphatic carbocycles. The van der Waals surface area contributed by atoms with Crippen LogP contribution in [-0.2, 0) is 14.8 Å². The van der Waals surface area contributed by atoms with E-state index in [2.05, 4.69) is 15.4 Å². The molecule has 31 heavy (non-hydrogen) atoms. The first kappa shape index (κ1) is 21.3. The van der Waals surface area contributed by atoms with E-state index in [1.54, 1.807) is 35.2 Å². The Morgan fingerprint density at radius 3 is 2.68 bits per heavy atom. The average Bonchev–Trinajstić information content (AvgIpc) is 3.45. The summed E-state index contributed by atoms with van der Waals surface area (Å²) in [6, 6.07) is 12.6. The zero-order valence-corrected chi connectivity index (χ0v) is 17.7. The molecule has 4 rings (SSSR count). The fourth-order valence-electron chi connectivity index (χ4n) is 3.54. The molecule has 0 saturated carbocycles. The number of urea groups is 1. The maximum absolute atomic E-state index is 12.6. The second-order valence-electron chi connectivity index (χ2n) is 7.40. The number of nitrogens with one attached hydrogen (secondary N) is 3. The summed E-state index contributed by atoms with van der Waals surface area (Å²) >= 11 is 0. The van der Waals surface area contributed by atoms with Crippen molar-refractivity contribution in [2.24, 2.45) is 0 Å². The van der Waals surface area contributed by atoms with Crippen LogP contribution >= 0.6 is 0 Å². The van der Waals surface area contributed by atoms with Crippen LogP contribution in [0.1, 0.15) is 23.2 Å². The third-order valence-corrected chi connectivity index (χ3v) is 6.65. The van der Waals surface area contributed by atoms with Crippen LogP contribution in [-0.4, -0.2) is 52.7 Å². The van der Waals surface area contributed by atoms with Crippen molar-refractivity contribution in [1.82, 2.24) is 10.0 Å². The molecule has 1 unspecified atom stereocenters. The van der Waals surface area contributed by atoms with Crippen LogP contribution in [0.5, 0.6) is 0 Å². The van der Waals surface area contributed by atoms with Crippen molar-refractivity contribution < 1.29 is 22.7 Å². The molecule has 2 heterocycles. The molecule has 164 valence electrons. The Kier molecular flexibility index (Phi) is 6.21. The average molecular weight is 445 g/mol. The van der Waals surface area contributed by atoms with Crippen molar-refractivity contribution in [3.63, 3.8) is 0 Å². The van der Waals surface area contributed by atoms with Gasteiger partial charge >= 0.3 is 6.03 Å². The molecular formula is C21H24N4O5S. The van der Waals surface area contributed by atoms with Crippen LogP contribution in [0.3, 0.4) is 0 Å². The molecular weight excluding hydrogens is 420 g/mol. The largest absolute Gasteiger partial charge is 0.377 e. The zero-order chi connectivity index (χ0) is 21.8. The molecule has 2 aliphatic rings. The van der Waals surface area contributed by atoms with Crippen LogP contribution in [0.15, 0.2) is 53.4 Å². The Bertz CT molecular complexity index is 1070. The number of carbonyl (C=O) groups is 2. The van der Waals surface area contributed by atoms with Crippen molar-refractivity contribution in [2.45, 2.75) is 23.8 Å². The Morgan fingerprint density at radius 2 is 2.00 bits per heavy atom. The highest BCUT2D eigenvalue weighted by atomic mass is 32.2. The third-order valence-electron chi connectivity index (χ3n) is 5.23. The van der Waals surface area contributed by atoms with Gasteiger partial charge in [0.15, 0.2) is 0 Å². The molecule has 0 bridgehead atoms. The number of nitrogens with zero attached hydrogens (tertiary/aromatic N) is 1. The molecule has 2 aromatic rings. The molecule has 2 saturated heterocycles. The van der Waals surface area contributed by atoms with Gasteiger partial charge in [-0.15, -0.1) is 0 Å². The molecule has 2 fully saturated rings. The molecule has 3 amide bonds. The fourth-order valence-corrected chi connectivity index (χ4v) is 4.65. The van der Waals surface area contributed by atoms with Crippen LogP contribution in [0.25, 0.3) is 0 Å². The van der Waals surface area contributed by atoms with Crippen molar-refractivity contribution in [3.8, 4) is 0 Å². The lowest BCUT2D eigenvalue weighted by molar-refractivity contribution is 0.102. The first-order valence-electron chi connectivity index (χ1n) is 10.1. The number of hydrogen-bond acceptors (Lipinski definition) is 5. The number of carbonyl (C=O) groups excluding carboxylic acids is 2. The maximum atomic E-state index is 12.6. The number of anilines is 2. The van der Waals surface area contributed by atoms with Gasteiger partial charge in [-0.3, -0.25) is 9.69 Å². The summed E-state index contributed by atoms with van der Waals surface area (Å²) < 4.78 is 33.1. The lowest BCUT2D eigenvalue weighted by atomic mass is 10.2. The summed E-state index contributed by atoms with van der Waals surface area (Å²) in [4.78, 5) is 26.0. The van der Waals surface area contributed by atoms with Gasteiger partial charge < -0.3 is 15.4 Å². The minimum absolute atomic E-state index is 0.0218. The highest BCUT2D eigenvalue weighted by Crippen LogP contribution is 2.21. The Hall–Kier alpha value is -2.95. The topological polar surface area (TPSA) is 117 Å². The second-order valence-corrected chi connectivity index (χ2v) is 9.17. The van der Waals surface area contributed by atoms with Crippen LogP contribution in [0, 0.1) is 0 Å². The lowest BCUT2D eigenvalue weighted by Gasteiger charge is -2.15. The van der Waals surface area contributed by atoms with Gasteiger partial charge in [-0.05, 0) is 55.3 Å². The minimum Gasteiger partial charge on any atom is -0.377 e. The number of amides is 3. The molecule has 0 aromatic heterocycles. The SMILES string of the molecule is O=C(Nc1ccc(N2CCNC2=O)cc1)c1cccc(S(=O)(=O)NCC2CCCO2)c1. The number of sulfonamides is 1. The van der Waals surface area contributed by atoms with E-state index in [-0.39, 0.29) is 29.1 Å². The Balaban J connectivity index is 1.41. The van der Waals surface area contributed by atoms with Crippen molar-refractivity contribution in [1.29, 1.82) is 0 Å². The fraction of sp³-hybridized carbons (Fsp3) is 0.333. The van der Waals surface area contributed by atoms with E-state index in [9.17, 15) is 18.0 Å². The second kappa shape index (κ2) is 9.04. The molecule has 10 heteroatoms. The number of hydrogen-bond donors (Lipinski definition) is 3. The first-order chi connectivity index (χ1) is 14.9. The van der Waals surface area contributed by atoms with Gasteiger partial charge in [0.1, 0.15) is 0 Å². The summed E-state index contributed by atoms with van der Waals surface area (Å²) in [5, 5.41) is 5.48. The molecule has 0 spiro atoms. The summed E-state index contributed by atoms with van der Waals surface area (Å²) in [5.74, 6) is -0.428. The van der Waals surface area contributed by atoms with E-state index in [4.69, 9.17) is 4.74 Å². The quantitative estimate of drug-likeness (QED) is 0.603. The molecule has 2 aliphatic heterocycles. The van der Waals surface area contributed by atoms with E-state index in [1.807, 2.05) is 0 Å². The first-order valence-corrected chi connectivity index (χ1v) is 11.6. The maximum Gasteiger partial charge on any atom is 0.321 e. The minimum atomic E-state index is -3.75. The van der Waals surface area contributed by atoms with Crippen LogP contribution in [0.2, 0.25) is 0 Å². The van der Waals surface area contributed by atoms with Crippen molar-refractivity contribution in [2.75, 3.05) is 36.5 Å². The zero-order valence-electron chi connectivity index (χ0n) is 16.8. The highest BCUT2D eigenvalue weighted by molar-refractivity contribution is 7.89. The Morgan fingerprint density at radius 1 is 1.19 bits per heavy atom. The normalized spacial score (nSPS) is 18.8. The van der Waals surface area contributed by atoms with Crippen LogP contribution in [0.4, 0.5) is 16.2 Å². The van der Waals surface area contributed by atoms with Crippen molar-refractivity contribution in [3.05, 3.63) is 54.1 Å². The molecule has 9 nitrogen and oxygen atoms in total. The van der Waals surface area contributed by atoms with Gasteiger partial charge in [0.2, 0.25) is 10.0 Å². The predicted octanol–water partition coefficient (Wildman–Crippen LogP) is 1.93. The molecule has 3 N–H and O–H groups in total. The number of rotatable bonds is 7. The predicted molar refractivity (Wildman–Crippen MR) is 116 cm³/mol. The molecule has 0 radical (unpaired) electrons. The smallest absolute Gasteiger partial charge is 0.321 e. The summed E-state index contributed by atoms with van der Waals surface area (Å²) in [6.45, 7) is 2.04. The van der Waals surface area contributed by atoms with E-state index in [0.717, 1.165) is 18.5 Å². The van der Waals surface area contributed by atoms with Gasteiger partial charge in [-0.2, -0.15) is 0 Å². The summed E-state index contributed by atoms with van der Waals surface area (Å²) in [5.41, 5.74) is 1.50. The molecule has 2 aromatic carbocycles. The number of benzene rings is 2. The number of ether oxygens (including phenoxy) is 1. The van der Waals surface area contributed by atoms with Crippen LogP contribution < -0.4 is 20.3 Å². The highest BCUT2D eigenvalue weighted by Gasteiger charge is 2.22. The van der Waals surface area contributed by atoms with Gasteiger partial charge in [0.05, 0.1) is 11.0 Å². The molecule has 1 atom stereocenters. The van der Waals surface area contributed by atoms with E-state index in [1.165, 1.54) is 18.2 Å². The monoisotopic (exact) mass is 444 g/mol. The lowest BCUT2D eigenvalue weighted by Crippen LogP contribution is -2.32. The Labute approximate surface area is 180 Å². The van der Waals surface area contributed by atoms with E-state index < -0.39 is 15.9 Å². The van der Waals surface area contributed by atoms with Crippen molar-refractivity contribution >= 4 is 33.3 Å². The van der Waals surface area contributed by atoms with Gasteiger partial charge in [-0.1, -0.05) is 6.07 Å². The van der Waals surface area contributed by atoms with Gasteiger partial charge in [0, 0.05) is 43.2 Å². The van der Waals surface area contributed by atoms with Gasteiger partial charge in [0.25, 0.3) is 5.91 Å². The summed E-state index contributed by atoms with van der Waals surface area (Å²) in [6.07, 6.45) is 1.64. The third kappa shape index (κ3) is 5.04. The standard InChI is InChI=1S/C21H24N4O5S/c26-20(24-16-6-8-17(9-7-16)25-11-10-22-21(25)27)15-3-1-5-19(13-15)31(28,29)23-14-18-4-2-12-30-18/h1,3,5-9,13,18,23H,2,4,10-12,14H2,(H,22,27)(H,24,26).